The summed E-state index contributed by atoms with van der Waals surface area (Å²) in [6, 6.07) is 8.39. The summed E-state index contributed by atoms with van der Waals surface area (Å²) in [4.78, 5) is 38.4. The Morgan fingerprint density at radius 3 is 2.43 bits per heavy atom. The number of anilines is 1. The molecule has 0 aromatic heterocycles. The van der Waals surface area contributed by atoms with Crippen LogP contribution in [0.2, 0.25) is 5.02 Å². The predicted octanol–water partition coefficient (Wildman–Crippen LogP) is 3.50. The lowest BCUT2D eigenvalue weighted by atomic mass is 9.92. The third kappa shape index (κ3) is 3.71. The van der Waals surface area contributed by atoms with Crippen molar-refractivity contribution in [3.05, 3.63) is 63.9 Å². The van der Waals surface area contributed by atoms with Gasteiger partial charge in [0.25, 0.3) is 5.91 Å². The molecule has 4 amide bonds. The van der Waals surface area contributed by atoms with Crippen LogP contribution in [-0.2, 0) is 15.1 Å². The highest BCUT2D eigenvalue weighted by atomic mass is 35.5. The number of hydrogen-bond acceptors (Lipinski definition) is 3. The molecule has 8 heteroatoms. The van der Waals surface area contributed by atoms with E-state index in [0.29, 0.717) is 5.69 Å². The van der Waals surface area contributed by atoms with E-state index in [9.17, 15) is 18.8 Å². The van der Waals surface area contributed by atoms with Gasteiger partial charge >= 0.3 is 6.03 Å². The second-order valence-electron chi connectivity index (χ2n) is 7.00. The van der Waals surface area contributed by atoms with Crippen molar-refractivity contribution in [2.75, 3.05) is 11.9 Å². The fourth-order valence-electron chi connectivity index (χ4n) is 3.31. The number of hydrogen-bond donors (Lipinski definition) is 2. The van der Waals surface area contributed by atoms with Crippen molar-refractivity contribution < 1.29 is 18.8 Å². The Bertz CT molecular complexity index is 974. The summed E-state index contributed by atoms with van der Waals surface area (Å²) in [5, 5.41) is 5.25. The number of imide groups is 1. The van der Waals surface area contributed by atoms with Crippen LogP contribution in [0.5, 0.6) is 0 Å². The first kappa shape index (κ1) is 19.8. The lowest BCUT2D eigenvalue weighted by Gasteiger charge is -2.23. The number of carbonyl (C=O) groups excluding carboxylic acids is 3. The molecule has 146 valence electrons. The Morgan fingerprint density at radius 1 is 1.18 bits per heavy atom. The third-order valence-corrected chi connectivity index (χ3v) is 4.86. The topological polar surface area (TPSA) is 78.5 Å². The van der Waals surface area contributed by atoms with Crippen molar-refractivity contribution in [2.45, 2.75) is 26.3 Å². The van der Waals surface area contributed by atoms with Gasteiger partial charge in [-0.15, -0.1) is 0 Å². The van der Waals surface area contributed by atoms with Crippen LogP contribution in [0.25, 0.3) is 0 Å². The van der Waals surface area contributed by atoms with Crippen LogP contribution in [-0.4, -0.2) is 29.3 Å². The molecule has 1 aliphatic heterocycles. The van der Waals surface area contributed by atoms with Crippen molar-refractivity contribution in [2.24, 2.45) is 0 Å². The fraction of sp³-hybridized carbons (Fsp3) is 0.250. The first-order chi connectivity index (χ1) is 13.1. The minimum Gasteiger partial charge on any atom is -0.325 e. The number of benzene rings is 2. The number of nitrogens with one attached hydrogen (secondary N) is 2. The van der Waals surface area contributed by atoms with Gasteiger partial charge in [-0.05, 0) is 56.2 Å². The van der Waals surface area contributed by atoms with Crippen LogP contribution >= 0.6 is 11.6 Å². The monoisotopic (exact) mass is 403 g/mol. The Morgan fingerprint density at radius 2 is 1.82 bits per heavy atom. The third-order valence-electron chi connectivity index (χ3n) is 4.55. The molecular formula is C20H19ClFN3O3. The molecule has 6 nitrogen and oxygen atoms in total. The second-order valence-corrected chi connectivity index (χ2v) is 7.40. The van der Waals surface area contributed by atoms with Crippen molar-refractivity contribution >= 4 is 35.1 Å². The first-order valence-corrected chi connectivity index (χ1v) is 8.96. The number of halogens is 2. The van der Waals surface area contributed by atoms with E-state index < -0.39 is 35.7 Å². The maximum atomic E-state index is 13.3. The molecule has 3 rings (SSSR count). The summed E-state index contributed by atoms with van der Waals surface area (Å²) >= 11 is 6.06. The van der Waals surface area contributed by atoms with Gasteiger partial charge < -0.3 is 10.6 Å². The van der Waals surface area contributed by atoms with E-state index in [-0.39, 0.29) is 10.6 Å². The zero-order valence-corrected chi connectivity index (χ0v) is 16.4. The van der Waals surface area contributed by atoms with Gasteiger partial charge in [-0.1, -0.05) is 23.7 Å². The molecule has 28 heavy (non-hydrogen) atoms. The average Bonchev–Trinajstić information content (AvgIpc) is 2.77. The molecule has 2 N–H and O–H groups in total. The van der Waals surface area contributed by atoms with E-state index in [1.807, 2.05) is 19.9 Å². The highest BCUT2D eigenvalue weighted by Gasteiger charge is 2.50. The van der Waals surface area contributed by atoms with Gasteiger partial charge in [0.2, 0.25) is 5.91 Å². The van der Waals surface area contributed by atoms with E-state index in [1.54, 1.807) is 12.1 Å². The Kier molecular flexibility index (Phi) is 5.12. The minimum atomic E-state index is -1.48. The van der Waals surface area contributed by atoms with Crippen LogP contribution in [0.3, 0.4) is 0 Å². The highest BCUT2D eigenvalue weighted by Crippen LogP contribution is 2.33. The zero-order chi connectivity index (χ0) is 20.6. The SMILES string of the molecule is Cc1cc(C)cc(NC(=O)CN2C(=O)NC(C)(c3ccc(F)cc3Cl)C2=O)c1. The zero-order valence-electron chi connectivity index (χ0n) is 15.6. The van der Waals surface area contributed by atoms with Crippen molar-refractivity contribution in [1.82, 2.24) is 10.2 Å². The molecule has 0 radical (unpaired) electrons. The van der Waals surface area contributed by atoms with Crippen molar-refractivity contribution in [3.8, 4) is 0 Å². The highest BCUT2D eigenvalue weighted by molar-refractivity contribution is 6.32. The van der Waals surface area contributed by atoms with Crippen LogP contribution < -0.4 is 10.6 Å². The summed E-state index contributed by atoms with van der Waals surface area (Å²) in [7, 11) is 0. The summed E-state index contributed by atoms with van der Waals surface area (Å²) < 4.78 is 13.3. The Labute approximate surface area is 166 Å². The van der Waals surface area contributed by atoms with E-state index >= 15 is 0 Å². The molecule has 1 atom stereocenters. The number of nitrogens with zero attached hydrogens (tertiary/aromatic N) is 1. The average molecular weight is 404 g/mol. The first-order valence-electron chi connectivity index (χ1n) is 8.58. The number of carbonyl (C=O) groups is 3. The molecule has 2 aromatic carbocycles. The van der Waals surface area contributed by atoms with Gasteiger partial charge in [-0.2, -0.15) is 0 Å². The maximum absolute atomic E-state index is 13.3. The predicted molar refractivity (Wildman–Crippen MR) is 104 cm³/mol. The van der Waals surface area contributed by atoms with E-state index in [1.165, 1.54) is 13.0 Å². The van der Waals surface area contributed by atoms with Gasteiger partial charge in [-0.3, -0.25) is 14.5 Å². The molecule has 1 fully saturated rings. The molecule has 1 saturated heterocycles. The number of amides is 4. The van der Waals surface area contributed by atoms with Crippen molar-refractivity contribution in [1.29, 1.82) is 0 Å². The second kappa shape index (κ2) is 7.24. The molecule has 0 spiro atoms. The van der Waals surface area contributed by atoms with Gasteiger partial charge in [0.1, 0.15) is 17.9 Å². The Hall–Kier alpha value is -2.93. The number of aryl methyl sites for hydroxylation is 2. The molecular weight excluding hydrogens is 385 g/mol. The standard InChI is InChI=1S/C20H19ClFN3O3/c1-11-6-12(2)8-14(7-11)23-17(26)10-25-18(27)20(3,24-19(25)28)15-5-4-13(22)9-16(15)21/h4-9H,10H2,1-3H3,(H,23,26)(H,24,28). The molecule has 1 unspecified atom stereocenters. The largest absolute Gasteiger partial charge is 0.325 e. The van der Waals surface area contributed by atoms with Crippen LogP contribution in [0.1, 0.15) is 23.6 Å². The molecule has 2 aromatic rings. The quantitative estimate of drug-likeness (QED) is 0.767. The normalized spacial score (nSPS) is 19.0. The van der Waals surface area contributed by atoms with Gasteiger partial charge in [0.15, 0.2) is 0 Å². The molecule has 0 bridgehead atoms. The van der Waals surface area contributed by atoms with E-state index in [0.717, 1.165) is 28.2 Å². The summed E-state index contributed by atoms with van der Waals surface area (Å²) in [5.74, 6) is -1.71. The van der Waals surface area contributed by atoms with Gasteiger partial charge in [-0.25, -0.2) is 9.18 Å². The maximum Gasteiger partial charge on any atom is 0.325 e. The van der Waals surface area contributed by atoms with E-state index in [2.05, 4.69) is 10.6 Å². The summed E-state index contributed by atoms with van der Waals surface area (Å²) in [5.41, 5.74) is 1.31. The van der Waals surface area contributed by atoms with Crippen LogP contribution in [0, 0.1) is 19.7 Å². The van der Waals surface area contributed by atoms with Crippen LogP contribution in [0.15, 0.2) is 36.4 Å². The van der Waals surface area contributed by atoms with E-state index in [4.69, 9.17) is 11.6 Å². The fourth-order valence-corrected chi connectivity index (χ4v) is 3.67. The van der Waals surface area contributed by atoms with Gasteiger partial charge in [0.05, 0.1) is 0 Å². The number of rotatable bonds is 4. The molecule has 0 saturated carbocycles. The van der Waals surface area contributed by atoms with Crippen molar-refractivity contribution in [3.63, 3.8) is 0 Å². The number of urea groups is 1. The van der Waals surface area contributed by atoms with Crippen LogP contribution in [0.4, 0.5) is 14.9 Å². The van der Waals surface area contributed by atoms with Gasteiger partial charge in [0, 0.05) is 16.3 Å². The smallest absolute Gasteiger partial charge is 0.325 e. The summed E-state index contributed by atoms with van der Waals surface area (Å²) in [6.45, 7) is 4.82. The Balaban J connectivity index is 1.79. The molecule has 0 aliphatic carbocycles. The summed E-state index contributed by atoms with van der Waals surface area (Å²) in [6.07, 6.45) is 0. The lowest BCUT2D eigenvalue weighted by molar-refractivity contribution is -0.133. The molecule has 1 heterocycles. The minimum absolute atomic E-state index is 0.0117. The lowest BCUT2D eigenvalue weighted by Crippen LogP contribution is -2.42. The molecule has 1 aliphatic rings.